The number of ether oxygens (including phenoxy) is 1. The minimum atomic E-state index is -0.178. The van der Waals surface area contributed by atoms with Gasteiger partial charge in [0.25, 0.3) is 0 Å². The first-order chi connectivity index (χ1) is 8.72. The second-order valence-electron chi connectivity index (χ2n) is 4.39. The molecule has 0 saturated carbocycles. The molecule has 1 unspecified atom stereocenters. The first kappa shape index (κ1) is 12.6. The van der Waals surface area contributed by atoms with Gasteiger partial charge in [-0.2, -0.15) is 0 Å². The zero-order chi connectivity index (χ0) is 13.0. The van der Waals surface area contributed by atoms with Gasteiger partial charge in [-0.15, -0.1) is 0 Å². The van der Waals surface area contributed by atoms with Crippen molar-refractivity contribution in [1.29, 1.82) is 5.41 Å². The molecule has 1 heterocycles. The van der Waals surface area contributed by atoms with Gasteiger partial charge in [0, 0.05) is 6.61 Å². The number of nitrogens with one attached hydrogen (secondary N) is 1. The fourth-order valence-corrected chi connectivity index (χ4v) is 2.15. The van der Waals surface area contributed by atoms with Gasteiger partial charge in [-0.25, -0.2) is 0 Å². The lowest BCUT2D eigenvalue weighted by atomic mass is 9.96. The van der Waals surface area contributed by atoms with Crippen LogP contribution in [-0.2, 0) is 4.74 Å². The van der Waals surface area contributed by atoms with Crippen LogP contribution in [-0.4, -0.2) is 23.5 Å². The third-order valence-electron chi connectivity index (χ3n) is 3.10. The lowest BCUT2D eigenvalue weighted by Crippen LogP contribution is -2.12. The van der Waals surface area contributed by atoms with E-state index in [1.54, 1.807) is 0 Å². The third kappa shape index (κ3) is 2.71. The first-order valence-corrected chi connectivity index (χ1v) is 6.11. The average Bonchev–Trinajstić information content (AvgIpc) is 2.92. The molecule has 4 heteroatoms. The molecule has 0 aromatic heterocycles. The van der Waals surface area contributed by atoms with Crippen molar-refractivity contribution in [3.8, 4) is 0 Å². The summed E-state index contributed by atoms with van der Waals surface area (Å²) in [7, 11) is 0. The van der Waals surface area contributed by atoms with Crippen LogP contribution in [0.3, 0.4) is 0 Å². The standard InChI is InChI=1S/C14H18N2O2/c15-7-6-12(16)10-3-1-4-11(9-10)14(17)13-5-2-8-18-13/h1,3,6-7,9,13,16-17H,2,4-5,8,15H2/b7-6-,14-11+,16-12?. The summed E-state index contributed by atoms with van der Waals surface area (Å²) in [5.41, 5.74) is 7.20. The highest BCUT2D eigenvalue weighted by molar-refractivity contribution is 6.08. The van der Waals surface area contributed by atoms with Gasteiger partial charge in [-0.05, 0) is 48.8 Å². The van der Waals surface area contributed by atoms with Gasteiger partial charge >= 0.3 is 0 Å². The predicted molar refractivity (Wildman–Crippen MR) is 71.5 cm³/mol. The summed E-state index contributed by atoms with van der Waals surface area (Å²) in [6.45, 7) is 0.708. The Kier molecular flexibility index (Phi) is 3.99. The van der Waals surface area contributed by atoms with E-state index >= 15 is 0 Å². The van der Waals surface area contributed by atoms with Crippen LogP contribution >= 0.6 is 0 Å². The molecule has 1 aliphatic carbocycles. The summed E-state index contributed by atoms with van der Waals surface area (Å²) in [5.74, 6) is 0.305. The van der Waals surface area contributed by atoms with Crippen molar-refractivity contribution in [2.45, 2.75) is 25.4 Å². The minimum Gasteiger partial charge on any atom is -0.509 e. The fraction of sp³-hybridized carbons (Fsp3) is 0.357. The van der Waals surface area contributed by atoms with E-state index < -0.39 is 0 Å². The highest BCUT2D eigenvalue weighted by atomic mass is 16.5. The molecule has 96 valence electrons. The predicted octanol–water partition coefficient (Wildman–Crippen LogP) is 2.36. The normalized spacial score (nSPS) is 26.4. The monoisotopic (exact) mass is 246 g/mol. The van der Waals surface area contributed by atoms with Crippen molar-refractivity contribution in [3.63, 3.8) is 0 Å². The van der Waals surface area contributed by atoms with E-state index in [-0.39, 0.29) is 6.10 Å². The molecule has 0 amide bonds. The van der Waals surface area contributed by atoms with Crippen molar-refractivity contribution in [2.75, 3.05) is 6.61 Å². The van der Waals surface area contributed by atoms with E-state index in [1.807, 2.05) is 18.2 Å². The Labute approximate surface area is 107 Å². The zero-order valence-corrected chi connectivity index (χ0v) is 10.2. The highest BCUT2D eigenvalue weighted by Crippen LogP contribution is 2.26. The third-order valence-corrected chi connectivity index (χ3v) is 3.10. The summed E-state index contributed by atoms with van der Waals surface area (Å²) in [6.07, 6.45) is 10.9. The Morgan fingerprint density at radius 3 is 3.06 bits per heavy atom. The molecule has 0 bridgehead atoms. The van der Waals surface area contributed by atoms with Crippen LogP contribution < -0.4 is 5.73 Å². The quantitative estimate of drug-likeness (QED) is 0.528. The van der Waals surface area contributed by atoms with Crippen molar-refractivity contribution in [1.82, 2.24) is 0 Å². The number of hydrogen-bond donors (Lipinski definition) is 3. The number of rotatable bonds is 3. The van der Waals surface area contributed by atoms with Crippen LogP contribution in [0.2, 0.25) is 0 Å². The SMILES string of the molecule is N=C(/C=C\N)C1=C/C(=C(/O)C2CCCO2)CC=C1. The lowest BCUT2D eigenvalue weighted by molar-refractivity contribution is 0.100. The maximum atomic E-state index is 10.2. The van der Waals surface area contributed by atoms with Crippen molar-refractivity contribution in [2.24, 2.45) is 5.73 Å². The largest absolute Gasteiger partial charge is 0.509 e. The second-order valence-corrected chi connectivity index (χ2v) is 4.39. The molecule has 4 N–H and O–H groups in total. The minimum absolute atomic E-state index is 0.178. The summed E-state index contributed by atoms with van der Waals surface area (Å²) < 4.78 is 5.46. The highest BCUT2D eigenvalue weighted by Gasteiger charge is 2.22. The zero-order valence-electron chi connectivity index (χ0n) is 10.2. The Hall–Kier alpha value is -1.81. The van der Waals surface area contributed by atoms with Crippen LogP contribution in [0.5, 0.6) is 0 Å². The van der Waals surface area contributed by atoms with Crippen molar-refractivity contribution < 1.29 is 9.84 Å². The Bertz CT molecular complexity index is 452. The van der Waals surface area contributed by atoms with Gasteiger partial charge in [0.2, 0.25) is 0 Å². The van der Waals surface area contributed by atoms with Gasteiger partial charge in [0.15, 0.2) is 0 Å². The summed E-state index contributed by atoms with van der Waals surface area (Å²) in [5, 5.41) is 18.0. The smallest absolute Gasteiger partial charge is 0.125 e. The molecule has 0 aromatic rings. The van der Waals surface area contributed by atoms with Crippen LogP contribution in [0, 0.1) is 5.41 Å². The van der Waals surface area contributed by atoms with Gasteiger partial charge in [-0.3, -0.25) is 0 Å². The Balaban J connectivity index is 2.22. The number of allylic oxidation sites excluding steroid dienone is 6. The summed E-state index contributed by atoms with van der Waals surface area (Å²) in [6, 6.07) is 0. The molecule has 1 fully saturated rings. The van der Waals surface area contributed by atoms with Crippen LogP contribution in [0.25, 0.3) is 0 Å². The lowest BCUT2D eigenvalue weighted by Gasteiger charge is -2.15. The van der Waals surface area contributed by atoms with Crippen LogP contribution in [0.1, 0.15) is 19.3 Å². The average molecular weight is 246 g/mol. The van der Waals surface area contributed by atoms with E-state index in [0.29, 0.717) is 24.5 Å². The number of aliphatic hydroxyl groups excluding tert-OH is 1. The molecule has 4 nitrogen and oxygen atoms in total. The van der Waals surface area contributed by atoms with Crippen LogP contribution in [0.15, 0.2) is 47.4 Å². The molecular formula is C14H18N2O2. The summed E-state index contributed by atoms with van der Waals surface area (Å²) >= 11 is 0. The molecule has 1 saturated heterocycles. The van der Waals surface area contributed by atoms with E-state index in [9.17, 15) is 5.11 Å². The fourth-order valence-electron chi connectivity index (χ4n) is 2.15. The molecule has 0 spiro atoms. The molecule has 2 aliphatic rings. The molecule has 18 heavy (non-hydrogen) atoms. The molecule has 0 radical (unpaired) electrons. The van der Waals surface area contributed by atoms with E-state index in [0.717, 1.165) is 24.0 Å². The van der Waals surface area contributed by atoms with Crippen molar-refractivity contribution >= 4 is 5.71 Å². The van der Waals surface area contributed by atoms with Crippen LogP contribution in [0.4, 0.5) is 0 Å². The maximum Gasteiger partial charge on any atom is 0.125 e. The van der Waals surface area contributed by atoms with E-state index in [4.69, 9.17) is 15.9 Å². The van der Waals surface area contributed by atoms with Gasteiger partial charge in [0.05, 0.1) is 5.71 Å². The summed E-state index contributed by atoms with van der Waals surface area (Å²) in [4.78, 5) is 0. The molecular weight excluding hydrogens is 228 g/mol. The second kappa shape index (κ2) is 5.69. The molecule has 0 aromatic carbocycles. The number of hydrogen-bond acceptors (Lipinski definition) is 4. The topological polar surface area (TPSA) is 79.3 Å². The van der Waals surface area contributed by atoms with Gasteiger partial charge < -0.3 is 21.0 Å². The van der Waals surface area contributed by atoms with Crippen molar-refractivity contribution in [3.05, 3.63) is 47.4 Å². The maximum absolute atomic E-state index is 10.2. The van der Waals surface area contributed by atoms with E-state index in [2.05, 4.69) is 0 Å². The Morgan fingerprint density at radius 1 is 1.56 bits per heavy atom. The first-order valence-electron chi connectivity index (χ1n) is 6.11. The van der Waals surface area contributed by atoms with E-state index in [1.165, 1.54) is 12.3 Å². The molecule has 1 atom stereocenters. The molecule has 2 rings (SSSR count). The number of nitrogens with two attached hydrogens (primary N) is 1. The number of aliphatic hydroxyl groups is 1. The molecule has 1 aliphatic heterocycles. The van der Waals surface area contributed by atoms with Gasteiger partial charge in [-0.1, -0.05) is 12.2 Å². The Morgan fingerprint density at radius 2 is 2.39 bits per heavy atom. The van der Waals surface area contributed by atoms with Gasteiger partial charge in [0.1, 0.15) is 11.9 Å².